The van der Waals surface area contributed by atoms with E-state index in [2.05, 4.69) is 0 Å². The first-order valence-electron chi connectivity index (χ1n) is 4.67. The average molecular weight is 245 g/mol. The van der Waals surface area contributed by atoms with Crippen molar-refractivity contribution in [1.82, 2.24) is 0 Å². The van der Waals surface area contributed by atoms with E-state index >= 15 is 0 Å². The van der Waals surface area contributed by atoms with E-state index in [0.717, 1.165) is 0 Å². The Labute approximate surface area is 99.1 Å². The van der Waals surface area contributed by atoms with E-state index < -0.39 is 11.3 Å². The lowest BCUT2D eigenvalue weighted by Crippen LogP contribution is -2.19. The van der Waals surface area contributed by atoms with E-state index in [0.29, 0.717) is 17.2 Å². The number of hydrogen-bond acceptors (Lipinski definition) is 4. The maximum atomic E-state index is 10.9. The first-order chi connectivity index (χ1) is 7.60. The average Bonchev–Trinajstić information content (AvgIpc) is 2.29. The maximum absolute atomic E-state index is 10.9. The monoisotopic (exact) mass is 244 g/mol. The van der Waals surface area contributed by atoms with Crippen molar-refractivity contribution in [3.8, 4) is 17.2 Å². The molecule has 0 spiro atoms. The number of rotatable bonds is 5. The van der Waals surface area contributed by atoms with Crippen molar-refractivity contribution in [3.05, 3.63) is 18.2 Å². The normalized spacial score (nSPS) is 11.8. The highest BCUT2D eigenvalue weighted by Crippen LogP contribution is 2.37. The van der Waals surface area contributed by atoms with Gasteiger partial charge in [0.2, 0.25) is 5.75 Å². The zero-order chi connectivity index (χ0) is 12.1. The van der Waals surface area contributed by atoms with Crippen molar-refractivity contribution in [2.24, 2.45) is 0 Å². The van der Waals surface area contributed by atoms with Crippen LogP contribution in [-0.4, -0.2) is 25.6 Å². The molecule has 0 aliphatic heterocycles. The first kappa shape index (κ1) is 12.6. The quantitative estimate of drug-likeness (QED) is 0.745. The molecule has 0 bridgehead atoms. The van der Waals surface area contributed by atoms with Gasteiger partial charge < -0.3 is 14.2 Å². The summed E-state index contributed by atoms with van der Waals surface area (Å²) in [6.07, 6.45) is -0.758. The zero-order valence-electron chi connectivity index (χ0n) is 9.32. The minimum Gasteiger partial charge on any atom is -0.493 e. The maximum Gasteiger partial charge on any atom is 0.262 e. The second-order valence-corrected chi connectivity index (χ2v) is 3.43. The van der Waals surface area contributed by atoms with Gasteiger partial charge in [-0.1, -0.05) is 6.07 Å². The molecule has 0 saturated heterocycles. The summed E-state index contributed by atoms with van der Waals surface area (Å²) in [7, 11) is 3.02. The van der Waals surface area contributed by atoms with Crippen LogP contribution in [-0.2, 0) is 4.79 Å². The van der Waals surface area contributed by atoms with Crippen LogP contribution in [0.15, 0.2) is 18.2 Å². The van der Waals surface area contributed by atoms with E-state index in [9.17, 15) is 4.79 Å². The summed E-state index contributed by atoms with van der Waals surface area (Å²) >= 11 is 5.32. The summed E-state index contributed by atoms with van der Waals surface area (Å²) in [6, 6.07) is 5.18. The van der Waals surface area contributed by atoms with Crippen LogP contribution in [0.25, 0.3) is 0 Å². The van der Waals surface area contributed by atoms with Crippen LogP contribution in [0.3, 0.4) is 0 Å². The van der Waals surface area contributed by atoms with Crippen molar-refractivity contribution >= 4 is 16.8 Å². The Kier molecular flexibility index (Phi) is 4.43. The Morgan fingerprint density at radius 1 is 1.25 bits per heavy atom. The molecule has 88 valence electrons. The number of methoxy groups -OCH3 is 2. The molecular formula is C11H13ClO4. The molecule has 16 heavy (non-hydrogen) atoms. The molecule has 1 rings (SSSR count). The molecular weight excluding hydrogens is 232 g/mol. The highest BCUT2D eigenvalue weighted by molar-refractivity contribution is 6.64. The summed E-state index contributed by atoms with van der Waals surface area (Å²) in [5.41, 5.74) is 0. The molecule has 1 unspecified atom stereocenters. The van der Waals surface area contributed by atoms with Gasteiger partial charge in [-0.15, -0.1) is 0 Å². The van der Waals surface area contributed by atoms with Crippen LogP contribution in [0.1, 0.15) is 6.92 Å². The molecule has 1 aromatic rings. The van der Waals surface area contributed by atoms with Gasteiger partial charge in [0.1, 0.15) is 0 Å². The third kappa shape index (κ3) is 2.79. The van der Waals surface area contributed by atoms with Crippen molar-refractivity contribution in [2.75, 3.05) is 14.2 Å². The lowest BCUT2D eigenvalue weighted by Gasteiger charge is -2.16. The number of ether oxygens (including phenoxy) is 3. The summed E-state index contributed by atoms with van der Waals surface area (Å²) < 4.78 is 15.6. The number of halogens is 1. The van der Waals surface area contributed by atoms with Gasteiger partial charge >= 0.3 is 0 Å². The summed E-state index contributed by atoms with van der Waals surface area (Å²) in [4.78, 5) is 10.9. The number of carbonyl (C=O) groups excluding carboxylic acids is 1. The first-order valence-corrected chi connectivity index (χ1v) is 5.05. The van der Waals surface area contributed by atoms with Crippen LogP contribution < -0.4 is 14.2 Å². The van der Waals surface area contributed by atoms with Crippen LogP contribution >= 0.6 is 11.6 Å². The van der Waals surface area contributed by atoms with Gasteiger partial charge in [0.25, 0.3) is 5.24 Å². The SMILES string of the molecule is COc1cccc(OC)c1OC(C)C(=O)Cl. The van der Waals surface area contributed by atoms with Crippen molar-refractivity contribution < 1.29 is 19.0 Å². The third-order valence-electron chi connectivity index (χ3n) is 2.00. The second-order valence-electron chi connectivity index (χ2n) is 3.06. The predicted octanol–water partition coefficient (Wildman–Crippen LogP) is 2.24. The van der Waals surface area contributed by atoms with E-state index in [-0.39, 0.29) is 0 Å². The van der Waals surface area contributed by atoms with E-state index in [1.54, 1.807) is 25.1 Å². The molecule has 1 atom stereocenters. The van der Waals surface area contributed by atoms with Gasteiger partial charge in [-0.2, -0.15) is 0 Å². The third-order valence-corrected chi connectivity index (χ3v) is 2.30. The van der Waals surface area contributed by atoms with E-state index in [1.807, 2.05) is 0 Å². The van der Waals surface area contributed by atoms with Gasteiger partial charge in [0.15, 0.2) is 17.6 Å². The number of para-hydroxylation sites is 1. The smallest absolute Gasteiger partial charge is 0.262 e. The van der Waals surface area contributed by atoms with E-state index in [4.69, 9.17) is 25.8 Å². The predicted molar refractivity (Wildman–Crippen MR) is 60.5 cm³/mol. The van der Waals surface area contributed by atoms with Crippen molar-refractivity contribution in [2.45, 2.75) is 13.0 Å². The molecule has 0 aliphatic carbocycles. The Morgan fingerprint density at radius 3 is 2.12 bits per heavy atom. The molecule has 0 saturated carbocycles. The Balaban J connectivity index is 3.04. The fourth-order valence-corrected chi connectivity index (χ4v) is 1.20. The highest BCUT2D eigenvalue weighted by atomic mass is 35.5. The van der Waals surface area contributed by atoms with Crippen molar-refractivity contribution in [1.29, 1.82) is 0 Å². The standard InChI is InChI=1S/C11H13ClO4/c1-7(11(12)13)16-10-8(14-2)5-4-6-9(10)15-3/h4-7H,1-3H3. The van der Waals surface area contributed by atoms with Gasteiger partial charge in [-0.25, -0.2) is 0 Å². The van der Waals surface area contributed by atoms with Gasteiger partial charge in [-0.05, 0) is 30.7 Å². The number of carbonyl (C=O) groups is 1. The largest absolute Gasteiger partial charge is 0.493 e. The molecule has 0 amide bonds. The molecule has 0 fully saturated rings. The Hall–Kier alpha value is -1.42. The molecule has 0 aliphatic rings. The fourth-order valence-electron chi connectivity index (χ4n) is 1.16. The fraction of sp³-hybridized carbons (Fsp3) is 0.364. The van der Waals surface area contributed by atoms with Gasteiger partial charge in [-0.3, -0.25) is 4.79 Å². The Morgan fingerprint density at radius 2 is 1.75 bits per heavy atom. The molecule has 4 nitrogen and oxygen atoms in total. The van der Waals surface area contributed by atoms with Crippen molar-refractivity contribution in [3.63, 3.8) is 0 Å². The lowest BCUT2D eigenvalue weighted by molar-refractivity contribution is -0.117. The highest BCUT2D eigenvalue weighted by Gasteiger charge is 2.18. The minimum atomic E-state index is -0.758. The topological polar surface area (TPSA) is 44.8 Å². The minimum absolute atomic E-state index is 0.369. The molecule has 0 aromatic heterocycles. The molecule has 5 heteroatoms. The van der Waals surface area contributed by atoms with Crippen LogP contribution in [0.4, 0.5) is 0 Å². The van der Waals surface area contributed by atoms with E-state index in [1.165, 1.54) is 14.2 Å². The van der Waals surface area contributed by atoms with Crippen LogP contribution in [0, 0.1) is 0 Å². The Bertz CT molecular complexity index is 356. The van der Waals surface area contributed by atoms with Gasteiger partial charge in [0, 0.05) is 0 Å². The number of benzene rings is 1. The summed E-state index contributed by atoms with van der Waals surface area (Å²) in [5.74, 6) is 1.35. The zero-order valence-corrected chi connectivity index (χ0v) is 10.1. The molecule has 0 N–H and O–H groups in total. The molecule has 0 radical (unpaired) electrons. The van der Waals surface area contributed by atoms with Crippen LogP contribution in [0.2, 0.25) is 0 Å². The molecule has 1 aromatic carbocycles. The summed E-state index contributed by atoms with van der Waals surface area (Å²) in [5, 5.41) is -0.576. The second kappa shape index (κ2) is 5.61. The lowest BCUT2D eigenvalue weighted by atomic mass is 10.3. The van der Waals surface area contributed by atoms with Gasteiger partial charge in [0.05, 0.1) is 14.2 Å². The summed E-state index contributed by atoms with van der Waals surface area (Å²) in [6.45, 7) is 1.56. The number of hydrogen-bond donors (Lipinski definition) is 0. The molecule has 0 heterocycles. The van der Waals surface area contributed by atoms with Crippen LogP contribution in [0.5, 0.6) is 17.2 Å².